The van der Waals surface area contributed by atoms with Crippen LogP contribution in [0.2, 0.25) is 0 Å². The molecule has 0 saturated heterocycles. The van der Waals surface area contributed by atoms with E-state index in [0.717, 1.165) is 31.8 Å². The first-order chi connectivity index (χ1) is 10.3. The Morgan fingerprint density at radius 2 is 2.05 bits per heavy atom. The number of para-hydroxylation sites is 1. The number of rotatable bonds is 5. The molecule has 2 N–H and O–H groups in total. The van der Waals surface area contributed by atoms with Crippen LogP contribution in [0.3, 0.4) is 0 Å². The molecule has 0 radical (unpaired) electrons. The topological polar surface area (TPSA) is 38.5 Å². The SMILES string of the molecule is CCN(CC1Cc2ccccc2O1)C1CCCCC1CN. The molecule has 1 aliphatic heterocycles. The van der Waals surface area contributed by atoms with Crippen LogP contribution in [-0.4, -0.2) is 36.7 Å². The van der Waals surface area contributed by atoms with Crippen LogP contribution < -0.4 is 10.5 Å². The smallest absolute Gasteiger partial charge is 0.123 e. The molecule has 3 unspecified atom stereocenters. The lowest BCUT2D eigenvalue weighted by Gasteiger charge is -2.40. The number of hydrogen-bond donors (Lipinski definition) is 1. The fourth-order valence-corrected chi connectivity index (χ4v) is 4.06. The minimum atomic E-state index is 0.308. The summed E-state index contributed by atoms with van der Waals surface area (Å²) in [5, 5.41) is 0. The highest BCUT2D eigenvalue weighted by molar-refractivity contribution is 5.37. The van der Waals surface area contributed by atoms with Crippen molar-refractivity contribution in [2.45, 2.75) is 51.2 Å². The van der Waals surface area contributed by atoms with Crippen LogP contribution in [0.4, 0.5) is 0 Å². The van der Waals surface area contributed by atoms with E-state index in [-0.39, 0.29) is 0 Å². The number of fused-ring (bicyclic) bond motifs is 1. The van der Waals surface area contributed by atoms with Crippen molar-refractivity contribution < 1.29 is 4.74 Å². The molecule has 0 bridgehead atoms. The Kier molecular flexibility index (Phi) is 4.81. The fourth-order valence-electron chi connectivity index (χ4n) is 4.06. The van der Waals surface area contributed by atoms with Gasteiger partial charge in [-0.25, -0.2) is 0 Å². The van der Waals surface area contributed by atoms with Crippen LogP contribution in [-0.2, 0) is 6.42 Å². The lowest BCUT2D eigenvalue weighted by Crippen LogP contribution is -2.48. The molecule has 2 aliphatic rings. The number of ether oxygens (including phenoxy) is 1. The summed E-state index contributed by atoms with van der Waals surface area (Å²) in [6, 6.07) is 9.10. The molecular formula is C18H28N2O. The van der Waals surface area contributed by atoms with E-state index in [1.165, 1.54) is 31.2 Å². The predicted molar refractivity (Wildman–Crippen MR) is 86.6 cm³/mol. The molecule has 0 spiro atoms. The quantitative estimate of drug-likeness (QED) is 0.905. The lowest BCUT2D eigenvalue weighted by atomic mass is 9.83. The zero-order valence-electron chi connectivity index (χ0n) is 13.1. The van der Waals surface area contributed by atoms with Gasteiger partial charge in [0.05, 0.1) is 0 Å². The number of nitrogens with zero attached hydrogens (tertiary/aromatic N) is 1. The average molecular weight is 288 g/mol. The highest BCUT2D eigenvalue weighted by Gasteiger charge is 2.32. The molecule has 3 heteroatoms. The normalized spacial score (nSPS) is 28.4. The third-order valence-electron chi connectivity index (χ3n) is 5.20. The van der Waals surface area contributed by atoms with Crippen LogP contribution in [0.25, 0.3) is 0 Å². The second-order valence-corrected chi connectivity index (χ2v) is 6.49. The summed E-state index contributed by atoms with van der Waals surface area (Å²) in [6.45, 7) is 5.22. The number of nitrogens with two attached hydrogens (primary N) is 1. The van der Waals surface area contributed by atoms with Crippen LogP contribution in [0, 0.1) is 5.92 Å². The van der Waals surface area contributed by atoms with Crippen molar-refractivity contribution in [1.82, 2.24) is 4.90 Å². The van der Waals surface area contributed by atoms with E-state index in [2.05, 4.69) is 36.1 Å². The summed E-state index contributed by atoms with van der Waals surface area (Å²) in [5.74, 6) is 1.75. The minimum absolute atomic E-state index is 0.308. The van der Waals surface area contributed by atoms with Gasteiger partial charge in [0, 0.05) is 19.0 Å². The fraction of sp³-hybridized carbons (Fsp3) is 0.667. The second-order valence-electron chi connectivity index (χ2n) is 6.49. The Bertz CT molecular complexity index is 437. The summed E-state index contributed by atoms with van der Waals surface area (Å²) in [5.41, 5.74) is 7.36. The van der Waals surface area contributed by atoms with Gasteiger partial charge in [0.2, 0.25) is 0 Å². The Labute approximate surface area is 128 Å². The van der Waals surface area contributed by atoms with Crippen LogP contribution in [0.5, 0.6) is 5.75 Å². The van der Waals surface area contributed by atoms with E-state index in [9.17, 15) is 0 Å². The maximum atomic E-state index is 6.13. The lowest BCUT2D eigenvalue weighted by molar-refractivity contribution is 0.0715. The van der Waals surface area contributed by atoms with E-state index < -0.39 is 0 Å². The molecule has 1 aliphatic carbocycles. The van der Waals surface area contributed by atoms with Gasteiger partial charge in [0.25, 0.3) is 0 Å². The number of likely N-dealkylation sites (N-methyl/N-ethyl adjacent to an activating group) is 1. The molecule has 0 aromatic heterocycles. The van der Waals surface area contributed by atoms with Crippen molar-refractivity contribution in [2.75, 3.05) is 19.6 Å². The van der Waals surface area contributed by atoms with Crippen molar-refractivity contribution >= 4 is 0 Å². The standard InChI is InChI=1S/C18H28N2O/c1-2-20(17-9-5-3-8-15(17)12-19)13-16-11-14-7-4-6-10-18(14)21-16/h4,6-7,10,15-17H,2-3,5,8-9,11-13,19H2,1H3. The Balaban J connectivity index is 1.63. The molecule has 1 aromatic carbocycles. The largest absolute Gasteiger partial charge is 0.488 e. The van der Waals surface area contributed by atoms with Crippen LogP contribution in [0.1, 0.15) is 38.2 Å². The molecule has 0 amide bonds. The van der Waals surface area contributed by atoms with Crippen molar-refractivity contribution in [2.24, 2.45) is 11.7 Å². The summed E-state index contributed by atoms with van der Waals surface area (Å²) >= 11 is 0. The zero-order valence-corrected chi connectivity index (χ0v) is 13.1. The molecule has 1 heterocycles. The van der Waals surface area contributed by atoms with E-state index in [1.54, 1.807) is 0 Å². The summed E-state index contributed by atoms with van der Waals surface area (Å²) in [6.07, 6.45) is 6.65. The molecular weight excluding hydrogens is 260 g/mol. The van der Waals surface area contributed by atoms with E-state index in [0.29, 0.717) is 18.1 Å². The molecule has 3 nitrogen and oxygen atoms in total. The van der Waals surface area contributed by atoms with Gasteiger partial charge < -0.3 is 10.5 Å². The van der Waals surface area contributed by atoms with E-state index in [1.807, 2.05) is 0 Å². The molecule has 1 saturated carbocycles. The first kappa shape index (κ1) is 14.9. The van der Waals surface area contributed by atoms with Crippen molar-refractivity contribution in [3.63, 3.8) is 0 Å². The third-order valence-corrected chi connectivity index (χ3v) is 5.20. The third kappa shape index (κ3) is 3.24. The van der Waals surface area contributed by atoms with Crippen molar-refractivity contribution in [1.29, 1.82) is 0 Å². The molecule has 21 heavy (non-hydrogen) atoms. The summed E-state index contributed by atoms with van der Waals surface area (Å²) in [7, 11) is 0. The number of benzene rings is 1. The van der Waals surface area contributed by atoms with Gasteiger partial charge in [0.15, 0.2) is 0 Å². The minimum Gasteiger partial charge on any atom is -0.488 e. The maximum Gasteiger partial charge on any atom is 0.123 e. The number of hydrogen-bond acceptors (Lipinski definition) is 3. The van der Waals surface area contributed by atoms with Gasteiger partial charge in [-0.2, -0.15) is 0 Å². The monoisotopic (exact) mass is 288 g/mol. The summed E-state index contributed by atoms with van der Waals surface area (Å²) in [4.78, 5) is 2.62. The van der Waals surface area contributed by atoms with Gasteiger partial charge in [-0.15, -0.1) is 0 Å². The van der Waals surface area contributed by atoms with Crippen molar-refractivity contribution in [3.8, 4) is 5.75 Å². The molecule has 116 valence electrons. The van der Waals surface area contributed by atoms with Crippen LogP contribution >= 0.6 is 0 Å². The molecule has 3 atom stereocenters. The average Bonchev–Trinajstić information content (AvgIpc) is 2.95. The first-order valence-corrected chi connectivity index (χ1v) is 8.50. The van der Waals surface area contributed by atoms with Gasteiger partial charge in [0.1, 0.15) is 11.9 Å². The Morgan fingerprint density at radius 3 is 2.81 bits per heavy atom. The summed E-state index contributed by atoms with van der Waals surface area (Å²) < 4.78 is 6.13. The highest BCUT2D eigenvalue weighted by atomic mass is 16.5. The van der Waals surface area contributed by atoms with Gasteiger partial charge in [-0.05, 0) is 43.5 Å². The molecule has 1 fully saturated rings. The second kappa shape index (κ2) is 6.80. The zero-order chi connectivity index (χ0) is 14.7. The van der Waals surface area contributed by atoms with Crippen LogP contribution in [0.15, 0.2) is 24.3 Å². The Hall–Kier alpha value is -1.06. The Morgan fingerprint density at radius 1 is 1.24 bits per heavy atom. The van der Waals surface area contributed by atoms with Gasteiger partial charge >= 0.3 is 0 Å². The van der Waals surface area contributed by atoms with Crippen molar-refractivity contribution in [3.05, 3.63) is 29.8 Å². The predicted octanol–water partition coefficient (Wildman–Crippen LogP) is 2.83. The van der Waals surface area contributed by atoms with E-state index >= 15 is 0 Å². The highest BCUT2D eigenvalue weighted by Crippen LogP contribution is 2.31. The van der Waals surface area contributed by atoms with Gasteiger partial charge in [-0.1, -0.05) is 38.0 Å². The molecule has 3 rings (SSSR count). The maximum absolute atomic E-state index is 6.13. The first-order valence-electron chi connectivity index (χ1n) is 8.50. The van der Waals surface area contributed by atoms with Gasteiger partial charge in [-0.3, -0.25) is 4.90 Å². The van der Waals surface area contributed by atoms with E-state index in [4.69, 9.17) is 10.5 Å². The molecule has 1 aromatic rings.